The Morgan fingerprint density at radius 1 is 1.00 bits per heavy atom. The summed E-state index contributed by atoms with van der Waals surface area (Å²) in [4.78, 5) is 27.5. The number of aryl methyl sites for hydroxylation is 1. The van der Waals surface area contributed by atoms with Crippen LogP contribution >= 0.6 is 0 Å². The fourth-order valence-corrected chi connectivity index (χ4v) is 5.63. The van der Waals surface area contributed by atoms with Crippen LogP contribution in [0.1, 0.15) is 32.0 Å². The Kier molecular flexibility index (Phi) is 10.1. The Morgan fingerprint density at radius 2 is 1.75 bits per heavy atom. The average molecular weight is 709 g/mol. The van der Waals surface area contributed by atoms with E-state index < -0.39 is 30.3 Å². The van der Waals surface area contributed by atoms with E-state index in [9.17, 15) is 18.0 Å². The van der Waals surface area contributed by atoms with Crippen LogP contribution in [0.15, 0.2) is 67.0 Å². The number of aromatic nitrogens is 4. The summed E-state index contributed by atoms with van der Waals surface area (Å²) in [5.41, 5.74) is 2.84. The lowest BCUT2D eigenvalue weighted by molar-refractivity contribution is -0.153. The van der Waals surface area contributed by atoms with Gasteiger partial charge in [-0.25, -0.2) is 19.2 Å². The number of carbonyl (C=O) groups is 1. The van der Waals surface area contributed by atoms with Gasteiger partial charge in [0, 0.05) is 54.4 Å². The van der Waals surface area contributed by atoms with Crippen molar-refractivity contribution in [2.45, 2.75) is 46.0 Å². The van der Waals surface area contributed by atoms with Crippen LogP contribution in [-0.4, -0.2) is 75.2 Å². The van der Waals surface area contributed by atoms with Gasteiger partial charge in [0.25, 0.3) is 0 Å². The van der Waals surface area contributed by atoms with Crippen molar-refractivity contribution >= 4 is 22.8 Å². The summed E-state index contributed by atoms with van der Waals surface area (Å²) in [6.45, 7) is 7.95. The van der Waals surface area contributed by atoms with Gasteiger partial charge in [-0.1, -0.05) is 18.2 Å². The fraction of sp³-hybridized carbons (Fsp3) is 0.333. The minimum atomic E-state index is -4.65. The lowest BCUT2D eigenvalue weighted by Gasteiger charge is -2.27. The number of nitrogens with zero attached hydrogens (tertiary/aromatic N) is 5. The van der Waals surface area contributed by atoms with E-state index in [-0.39, 0.29) is 28.7 Å². The Bertz CT molecular complexity index is 2020. The molecule has 1 aliphatic rings. The summed E-state index contributed by atoms with van der Waals surface area (Å²) in [5, 5.41) is 2.70. The molecule has 0 bridgehead atoms. The monoisotopic (exact) mass is 708 g/mol. The maximum atomic E-state index is 15.9. The highest BCUT2D eigenvalue weighted by Gasteiger charge is 2.32. The van der Waals surface area contributed by atoms with Crippen LogP contribution in [0.5, 0.6) is 17.5 Å². The van der Waals surface area contributed by atoms with Crippen molar-refractivity contribution in [1.29, 1.82) is 0 Å². The van der Waals surface area contributed by atoms with Gasteiger partial charge in [-0.15, -0.1) is 0 Å². The van der Waals surface area contributed by atoms with Crippen LogP contribution in [0, 0.1) is 12.7 Å². The number of alkyl halides is 3. The SMILES string of the molecule is Cc1cccc(Oc2ccc(-n3c(-c4ccc(NC(=O)OC(C)(C)C)cc4)c(CN4CCOCC4)c4ncnc(OCC(F)(F)F)c43)cc2F)n1. The van der Waals surface area contributed by atoms with Crippen molar-refractivity contribution in [2.24, 2.45) is 0 Å². The van der Waals surface area contributed by atoms with E-state index in [0.29, 0.717) is 66.6 Å². The zero-order valence-electron chi connectivity index (χ0n) is 28.4. The molecule has 0 aliphatic carbocycles. The van der Waals surface area contributed by atoms with Gasteiger partial charge in [0.2, 0.25) is 11.8 Å². The molecule has 3 aromatic heterocycles. The molecule has 0 unspecified atom stereocenters. The topological polar surface area (TPSA) is 113 Å². The van der Waals surface area contributed by atoms with Gasteiger partial charge in [0.05, 0.1) is 18.9 Å². The lowest BCUT2D eigenvalue weighted by atomic mass is 10.1. The second-order valence-corrected chi connectivity index (χ2v) is 12.9. The predicted molar refractivity (Wildman–Crippen MR) is 181 cm³/mol. The Labute approximate surface area is 291 Å². The molecular formula is C36H36F4N6O5. The quantitative estimate of drug-likeness (QED) is 0.153. The molecule has 0 spiro atoms. The number of halogens is 4. The molecule has 4 heterocycles. The molecule has 0 radical (unpaired) electrons. The molecule has 268 valence electrons. The van der Waals surface area contributed by atoms with Crippen LogP contribution in [0.4, 0.5) is 28.0 Å². The van der Waals surface area contributed by atoms with Gasteiger partial charge in [-0.05, 0) is 63.6 Å². The molecule has 15 heteroatoms. The molecule has 2 aromatic carbocycles. The molecule has 0 saturated carbocycles. The van der Waals surface area contributed by atoms with E-state index in [1.165, 1.54) is 12.1 Å². The second-order valence-electron chi connectivity index (χ2n) is 12.9. The molecule has 51 heavy (non-hydrogen) atoms. The van der Waals surface area contributed by atoms with Gasteiger partial charge in [-0.3, -0.25) is 10.2 Å². The summed E-state index contributed by atoms with van der Waals surface area (Å²) in [7, 11) is 0. The summed E-state index contributed by atoms with van der Waals surface area (Å²) in [5.74, 6) is -0.992. The van der Waals surface area contributed by atoms with Crippen LogP contribution in [0.25, 0.3) is 28.0 Å². The number of nitrogens with one attached hydrogen (secondary N) is 1. The average Bonchev–Trinajstić information content (AvgIpc) is 3.38. The largest absolute Gasteiger partial charge is 0.466 e. The maximum absolute atomic E-state index is 15.9. The zero-order chi connectivity index (χ0) is 36.3. The van der Waals surface area contributed by atoms with Crippen LogP contribution in [-0.2, 0) is 16.0 Å². The van der Waals surface area contributed by atoms with Gasteiger partial charge in [0.1, 0.15) is 23.0 Å². The van der Waals surface area contributed by atoms with Gasteiger partial charge < -0.3 is 23.5 Å². The molecular weight excluding hydrogens is 672 g/mol. The molecule has 6 rings (SSSR count). The van der Waals surface area contributed by atoms with E-state index in [4.69, 9.17) is 18.9 Å². The van der Waals surface area contributed by atoms with Gasteiger partial charge in [-0.2, -0.15) is 18.2 Å². The van der Waals surface area contributed by atoms with E-state index in [0.717, 1.165) is 6.33 Å². The van der Waals surface area contributed by atoms with Crippen LogP contribution in [0.3, 0.4) is 0 Å². The smallest absolute Gasteiger partial charge is 0.422 e. The first kappa shape index (κ1) is 35.5. The first-order valence-electron chi connectivity index (χ1n) is 16.1. The van der Waals surface area contributed by atoms with Crippen molar-refractivity contribution in [2.75, 3.05) is 38.2 Å². The standard InChI is InChI=1S/C36H36F4N6O5/c1-22-6-5-7-29(43-22)50-28-13-12-25(18-27(28)37)46-31(23-8-10-24(11-9-23)44-34(47)51-35(2,3)4)26(19-45-14-16-48-17-15-45)30-32(46)33(42-21-41-30)49-20-36(38,39)40/h5-13,18,21H,14-17,19-20H2,1-4H3,(H,44,47). The van der Waals surface area contributed by atoms with E-state index in [2.05, 4.69) is 25.2 Å². The van der Waals surface area contributed by atoms with E-state index in [1.807, 2.05) is 0 Å². The molecule has 1 aliphatic heterocycles. The molecule has 0 atom stereocenters. The van der Waals surface area contributed by atoms with Crippen molar-refractivity contribution in [3.63, 3.8) is 0 Å². The highest BCUT2D eigenvalue weighted by atomic mass is 19.4. The molecule has 11 nitrogen and oxygen atoms in total. The number of rotatable bonds is 9. The Hall–Kier alpha value is -5.28. The van der Waals surface area contributed by atoms with E-state index >= 15 is 4.39 Å². The molecule has 1 saturated heterocycles. The number of anilines is 1. The van der Waals surface area contributed by atoms with Crippen molar-refractivity contribution in [1.82, 2.24) is 24.4 Å². The fourth-order valence-electron chi connectivity index (χ4n) is 5.63. The third-order valence-electron chi connectivity index (χ3n) is 7.72. The first-order valence-corrected chi connectivity index (χ1v) is 16.1. The zero-order valence-corrected chi connectivity index (χ0v) is 28.4. The van der Waals surface area contributed by atoms with Crippen LogP contribution in [0.2, 0.25) is 0 Å². The number of pyridine rings is 1. The molecule has 5 aromatic rings. The summed E-state index contributed by atoms with van der Waals surface area (Å²) in [6.07, 6.45) is -4.15. The van der Waals surface area contributed by atoms with Gasteiger partial charge in [0.15, 0.2) is 18.2 Å². The second kappa shape index (κ2) is 14.5. The number of hydrogen-bond acceptors (Lipinski definition) is 9. The molecule has 1 fully saturated rings. The molecule has 1 amide bonds. The number of benzene rings is 2. The number of amides is 1. The summed E-state index contributed by atoms with van der Waals surface area (Å²) < 4.78 is 79.7. The minimum Gasteiger partial charge on any atom is -0.466 e. The summed E-state index contributed by atoms with van der Waals surface area (Å²) >= 11 is 0. The van der Waals surface area contributed by atoms with Crippen molar-refractivity contribution in [3.05, 3.63) is 84.1 Å². The highest BCUT2D eigenvalue weighted by molar-refractivity contribution is 5.94. The number of morpholine rings is 1. The number of carbonyl (C=O) groups excluding carboxylic acids is 1. The number of hydrogen-bond donors (Lipinski definition) is 1. The maximum Gasteiger partial charge on any atom is 0.422 e. The number of fused-ring (bicyclic) bond motifs is 1. The predicted octanol–water partition coefficient (Wildman–Crippen LogP) is 7.84. The van der Waals surface area contributed by atoms with Crippen molar-refractivity contribution < 1.29 is 41.3 Å². The highest BCUT2D eigenvalue weighted by Crippen LogP contribution is 2.41. The van der Waals surface area contributed by atoms with Crippen LogP contribution < -0.4 is 14.8 Å². The molecule has 1 N–H and O–H groups in total. The number of ether oxygens (including phenoxy) is 4. The Morgan fingerprint density at radius 3 is 2.41 bits per heavy atom. The first-order chi connectivity index (χ1) is 24.2. The third kappa shape index (κ3) is 8.72. The van der Waals surface area contributed by atoms with E-state index in [1.54, 1.807) is 80.8 Å². The minimum absolute atomic E-state index is 0.106. The summed E-state index contributed by atoms with van der Waals surface area (Å²) in [6, 6.07) is 16.1. The Balaban J connectivity index is 1.52. The third-order valence-corrected chi connectivity index (χ3v) is 7.72. The van der Waals surface area contributed by atoms with Gasteiger partial charge >= 0.3 is 12.3 Å². The van der Waals surface area contributed by atoms with Crippen molar-refractivity contribution in [3.8, 4) is 34.5 Å². The lowest BCUT2D eigenvalue weighted by Crippen LogP contribution is -2.35. The normalized spacial score (nSPS) is 14.0.